The molecule has 4 rings (SSSR count). The molecule has 0 radical (unpaired) electrons. The summed E-state index contributed by atoms with van der Waals surface area (Å²) in [4.78, 5) is 28.6. The number of aromatic nitrogens is 6. The van der Waals surface area contributed by atoms with E-state index in [2.05, 4.69) is 30.4 Å². The number of aryl methyl sites for hydroxylation is 1. The number of halogens is 1. The number of aliphatic hydroxyl groups is 1. The molecule has 0 unspecified atom stereocenters. The SMILES string of the molecule is Cc1nc2ccc(F)cc2nc1-c1cc2nc(SC=O)nc(NCC(C)(C)O)n2n1. The monoisotopic (exact) mass is 427 g/mol. The highest BCUT2D eigenvalue weighted by molar-refractivity contribution is 8.11. The third kappa shape index (κ3) is 4.07. The summed E-state index contributed by atoms with van der Waals surface area (Å²) in [5.41, 5.74) is 2.65. The van der Waals surface area contributed by atoms with Gasteiger partial charge in [0.05, 0.1) is 22.3 Å². The van der Waals surface area contributed by atoms with Crippen LogP contribution in [0.2, 0.25) is 0 Å². The largest absolute Gasteiger partial charge is 0.389 e. The molecular weight excluding hydrogens is 409 g/mol. The molecule has 30 heavy (non-hydrogen) atoms. The van der Waals surface area contributed by atoms with Crippen LogP contribution in [0.15, 0.2) is 29.4 Å². The molecule has 1 aromatic carbocycles. The second kappa shape index (κ2) is 7.58. The Morgan fingerprint density at radius 1 is 1.20 bits per heavy atom. The first kappa shape index (κ1) is 20.1. The third-order valence-corrected chi connectivity index (χ3v) is 4.67. The lowest BCUT2D eigenvalue weighted by Gasteiger charge is -2.18. The van der Waals surface area contributed by atoms with E-state index in [-0.39, 0.29) is 11.7 Å². The average Bonchev–Trinajstić information content (AvgIpc) is 3.09. The maximum absolute atomic E-state index is 13.6. The van der Waals surface area contributed by atoms with Crippen LogP contribution in [0.25, 0.3) is 28.1 Å². The number of hydrogen-bond acceptors (Lipinski definition) is 9. The Bertz CT molecular complexity index is 1270. The number of fused-ring (bicyclic) bond motifs is 2. The molecule has 0 atom stereocenters. The zero-order valence-corrected chi connectivity index (χ0v) is 17.2. The van der Waals surface area contributed by atoms with Crippen LogP contribution in [0.3, 0.4) is 0 Å². The Morgan fingerprint density at radius 2 is 2.00 bits per heavy atom. The fourth-order valence-corrected chi connectivity index (χ4v) is 3.22. The lowest BCUT2D eigenvalue weighted by Crippen LogP contribution is -2.30. The van der Waals surface area contributed by atoms with Crippen molar-refractivity contribution in [2.45, 2.75) is 31.5 Å². The normalized spacial score (nSPS) is 11.9. The second-order valence-electron chi connectivity index (χ2n) is 7.30. The van der Waals surface area contributed by atoms with E-state index in [1.807, 2.05) is 0 Å². The fourth-order valence-electron chi connectivity index (χ4n) is 2.85. The van der Waals surface area contributed by atoms with Gasteiger partial charge < -0.3 is 10.4 Å². The van der Waals surface area contributed by atoms with E-state index >= 15 is 0 Å². The van der Waals surface area contributed by atoms with E-state index in [0.717, 1.165) is 11.8 Å². The Balaban J connectivity index is 1.85. The van der Waals surface area contributed by atoms with E-state index in [4.69, 9.17) is 0 Å². The molecule has 0 saturated carbocycles. The first-order valence-electron chi connectivity index (χ1n) is 9.02. The molecule has 3 heterocycles. The molecule has 0 bridgehead atoms. The van der Waals surface area contributed by atoms with Crippen molar-refractivity contribution in [1.82, 2.24) is 29.5 Å². The molecule has 2 N–H and O–H groups in total. The van der Waals surface area contributed by atoms with Crippen LogP contribution in [-0.2, 0) is 4.79 Å². The van der Waals surface area contributed by atoms with Gasteiger partial charge in [-0.3, -0.25) is 4.79 Å². The maximum Gasteiger partial charge on any atom is 0.228 e. The van der Waals surface area contributed by atoms with Crippen LogP contribution in [0, 0.1) is 12.7 Å². The summed E-state index contributed by atoms with van der Waals surface area (Å²) >= 11 is 0.833. The second-order valence-corrected chi connectivity index (χ2v) is 8.09. The predicted molar refractivity (Wildman–Crippen MR) is 111 cm³/mol. The van der Waals surface area contributed by atoms with Crippen LogP contribution in [-0.4, -0.2) is 52.4 Å². The van der Waals surface area contributed by atoms with Crippen molar-refractivity contribution in [2.24, 2.45) is 0 Å². The molecule has 0 amide bonds. The van der Waals surface area contributed by atoms with Crippen molar-refractivity contribution in [2.75, 3.05) is 11.9 Å². The topological polar surface area (TPSA) is 118 Å². The van der Waals surface area contributed by atoms with Gasteiger partial charge in [0.25, 0.3) is 0 Å². The highest BCUT2D eigenvalue weighted by Gasteiger charge is 2.18. The molecular formula is C19H18FN7O2S. The molecule has 0 aliphatic carbocycles. The molecule has 0 saturated heterocycles. The van der Waals surface area contributed by atoms with Crippen molar-refractivity contribution >= 4 is 40.0 Å². The van der Waals surface area contributed by atoms with Gasteiger partial charge in [0, 0.05) is 18.7 Å². The highest BCUT2D eigenvalue weighted by atomic mass is 32.2. The van der Waals surface area contributed by atoms with Crippen LogP contribution in [0.5, 0.6) is 0 Å². The van der Waals surface area contributed by atoms with Gasteiger partial charge >= 0.3 is 0 Å². The lowest BCUT2D eigenvalue weighted by atomic mass is 10.1. The van der Waals surface area contributed by atoms with Gasteiger partial charge in [0.1, 0.15) is 17.2 Å². The number of benzene rings is 1. The summed E-state index contributed by atoms with van der Waals surface area (Å²) in [6, 6.07) is 5.92. The smallest absolute Gasteiger partial charge is 0.228 e. The number of carbonyl (C=O) groups is 1. The minimum absolute atomic E-state index is 0.202. The van der Waals surface area contributed by atoms with E-state index in [1.165, 1.54) is 16.6 Å². The van der Waals surface area contributed by atoms with E-state index in [0.29, 0.717) is 45.3 Å². The van der Waals surface area contributed by atoms with Gasteiger partial charge in [0.2, 0.25) is 5.95 Å². The molecule has 0 aliphatic heterocycles. The van der Waals surface area contributed by atoms with Crippen LogP contribution in [0.1, 0.15) is 19.5 Å². The summed E-state index contributed by atoms with van der Waals surface area (Å²) in [5.74, 6) is -0.0868. The number of hydrogen-bond donors (Lipinski definition) is 2. The average molecular weight is 427 g/mol. The fraction of sp³-hybridized carbons (Fsp3) is 0.263. The minimum Gasteiger partial charge on any atom is -0.389 e. The molecule has 0 aliphatic rings. The van der Waals surface area contributed by atoms with Crippen molar-refractivity contribution in [3.05, 3.63) is 35.8 Å². The number of nitrogens with zero attached hydrogens (tertiary/aromatic N) is 6. The molecule has 11 heteroatoms. The predicted octanol–water partition coefficient (Wildman–Crippen LogP) is 2.65. The van der Waals surface area contributed by atoms with Gasteiger partial charge in [-0.05, 0) is 44.7 Å². The summed E-state index contributed by atoms with van der Waals surface area (Å²) in [5, 5.41) is 17.8. The Kier molecular flexibility index (Phi) is 5.08. The van der Waals surface area contributed by atoms with Gasteiger partial charge in [-0.25, -0.2) is 19.3 Å². The Hall–Kier alpha value is -3.18. The van der Waals surface area contributed by atoms with Crippen molar-refractivity contribution in [3.8, 4) is 11.4 Å². The maximum atomic E-state index is 13.6. The van der Waals surface area contributed by atoms with Gasteiger partial charge in [-0.1, -0.05) is 0 Å². The highest BCUT2D eigenvalue weighted by Crippen LogP contribution is 2.25. The van der Waals surface area contributed by atoms with Crippen molar-refractivity contribution in [3.63, 3.8) is 0 Å². The summed E-state index contributed by atoms with van der Waals surface area (Å²) in [6.07, 6.45) is 0. The number of carbonyl (C=O) groups excluding carboxylic acids is 1. The van der Waals surface area contributed by atoms with E-state index < -0.39 is 11.4 Å². The number of nitrogens with one attached hydrogen (secondary N) is 1. The molecule has 154 valence electrons. The van der Waals surface area contributed by atoms with E-state index in [1.54, 1.807) is 32.9 Å². The first-order valence-corrected chi connectivity index (χ1v) is 9.90. The summed E-state index contributed by atoms with van der Waals surface area (Å²) < 4.78 is 15.1. The number of anilines is 1. The molecule has 9 nitrogen and oxygen atoms in total. The third-order valence-electron chi connectivity index (χ3n) is 4.18. The van der Waals surface area contributed by atoms with Crippen LogP contribution < -0.4 is 5.32 Å². The molecule has 0 fully saturated rings. The number of thioether (sulfide) groups is 1. The van der Waals surface area contributed by atoms with Gasteiger partial charge in [0.15, 0.2) is 16.4 Å². The van der Waals surface area contributed by atoms with Gasteiger partial charge in [-0.2, -0.15) is 14.6 Å². The van der Waals surface area contributed by atoms with Gasteiger partial charge in [-0.15, -0.1) is 0 Å². The minimum atomic E-state index is -0.990. The zero-order valence-electron chi connectivity index (χ0n) is 16.4. The molecule has 0 spiro atoms. The summed E-state index contributed by atoms with van der Waals surface area (Å²) in [6.45, 7) is 5.30. The van der Waals surface area contributed by atoms with Crippen molar-refractivity contribution < 1.29 is 14.3 Å². The van der Waals surface area contributed by atoms with Crippen LogP contribution >= 0.6 is 11.8 Å². The van der Waals surface area contributed by atoms with E-state index in [9.17, 15) is 14.3 Å². The molecule has 4 aromatic rings. The zero-order chi connectivity index (χ0) is 21.5. The Morgan fingerprint density at radius 3 is 2.73 bits per heavy atom. The standard InChI is InChI=1S/C19H18FN7O2S/c1-10-16(23-13-6-11(20)4-5-12(13)22-10)14-7-15-24-18(30-9-28)25-17(27(15)26-14)21-8-19(2,3)29/h4-7,9,29H,8H2,1-3H3,(H,21,24,25). The Labute approximate surface area is 174 Å². The summed E-state index contributed by atoms with van der Waals surface area (Å²) in [7, 11) is 0. The van der Waals surface area contributed by atoms with Crippen molar-refractivity contribution in [1.29, 1.82) is 0 Å². The quantitative estimate of drug-likeness (QED) is 0.353. The molecule has 3 aromatic heterocycles. The van der Waals surface area contributed by atoms with Crippen LogP contribution in [0.4, 0.5) is 10.3 Å². The first-order chi connectivity index (χ1) is 14.2. The lowest BCUT2D eigenvalue weighted by molar-refractivity contribution is 0.0942. The number of rotatable bonds is 6.